The summed E-state index contributed by atoms with van der Waals surface area (Å²) in [5, 5.41) is 8.75. The molecule has 5 heteroatoms. The first-order valence-electron chi connectivity index (χ1n) is 6.01. The van der Waals surface area contributed by atoms with Gasteiger partial charge < -0.3 is 0 Å². The minimum absolute atomic E-state index is 0.169. The van der Waals surface area contributed by atoms with Crippen molar-refractivity contribution in [2.45, 2.75) is 11.8 Å². The fourth-order valence-corrected chi connectivity index (χ4v) is 3.17. The van der Waals surface area contributed by atoms with Gasteiger partial charge in [-0.2, -0.15) is 5.26 Å². The van der Waals surface area contributed by atoms with Crippen LogP contribution in [0, 0.1) is 18.3 Å². The molecule has 0 radical (unpaired) electrons. The molecule has 0 N–H and O–H groups in total. The van der Waals surface area contributed by atoms with Gasteiger partial charge in [0.15, 0.2) is 0 Å². The third-order valence-corrected chi connectivity index (χ3v) is 4.88. The van der Waals surface area contributed by atoms with E-state index < -0.39 is 10.0 Å². The summed E-state index contributed by atoms with van der Waals surface area (Å²) >= 11 is 0. The Morgan fingerprint density at radius 3 is 2.20 bits per heavy atom. The molecule has 2 aromatic carbocycles. The van der Waals surface area contributed by atoms with Gasteiger partial charge >= 0.3 is 0 Å². The van der Waals surface area contributed by atoms with Crippen LogP contribution in [-0.2, 0) is 10.0 Å². The minimum atomic E-state index is -3.62. The Morgan fingerprint density at radius 2 is 1.65 bits per heavy atom. The maximum atomic E-state index is 12.5. The fraction of sp³-hybridized carbons (Fsp3) is 0.133. The number of rotatable bonds is 3. The van der Waals surface area contributed by atoms with E-state index in [1.165, 1.54) is 35.6 Å². The SMILES string of the molecule is Cc1ccccc1N(C)S(=O)(=O)c1ccc(C#N)cc1. The van der Waals surface area contributed by atoms with Gasteiger partial charge in [0.05, 0.1) is 22.2 Å². The summed E-state index contributed by atoms with van der Waals surface area (Å²) in [4.78, 5) is 0.169. The first-order chi connectivity index (χ1) is 9.46. The minimum Gasteiger partial charge on any atom is -0.269 e. The van der Waals surface area contributed by atoms with E-state index in [-0.39, 0.29) is 4.90 Å². The molecule has 102 valence electrons. The van der Waals surface area contributed by atoms with E-state index in [9.17, 15) is 8.42 Å². The largest absolute Gasteiger partial charge is 0.269 e. The van der Waals surface area contributed by atoms with Crippen LogP contribution in [0.1, 0.15) is 11.1 Å². The lowest BCUT2D eigenvalue weighted by atomic mass is 10.2. The summed E-state index contributed by atoms with van der Waals surface area (Å²) in [5.41, 5.74) is 1.95. The molecule has 0 unspecified atom stereocenters. The Morgan fingerprint density at radius 1 is 1.05 bits per heavy atom. The van der Waals surface area contributed by atoms with Crippen LogP contribution in [0.5, 0.6) is 0 Å². The lowest BCUT2D eigenvalue weighted by Gasteiger charge is -2.21. The number of hydrogen-bond acceptors (Lipinski definition) is 3. The summed E-state index contributed by atoms with van der Waals surface area (Å²) in [6.45, 7) is 1.86. The highest BCUT2D eigenvalue weighted by Crippen LogP contribution is 2.24. The van der Waals surface area contributed by atoms with Gasteiger partial charge in [0, 0.05) is 7.05 Å². The van der Waals surface area contributed by atoms with Crippen molar-refractivity contribution < 1.29 is 8.42 Å². The predicted octanol–water partition coefficient (Wildman–Crippen LogP) is 2.69. The second kappa shape index (κ2) is 5.35. The molecule has 0 aliphatic rings. The Labute approximate surface area is 118 Å². The van der Waals surface area contributed by atoms with Crippen molar-refractivity contribution in [3.05, 3.63) is 59.7 Å². The molecule has 20 heavy (non-hydrogen) atoms. The zero-order valence-electron chi connectivity index (χ0n) is 11.2. The van der Waals surface area contributed by atoms with Gasteiger partial charge in [-0.15, -0.1) is 0 Å². The number of aryl methyl sites for hydroxylation is 1. The van der Waals surface area contributed by atoms with Crippen LogP contribution in [0.2, 0.25) is 0 Å². The highest BCUT2D eigenvalue weighted by atomic mass is 32.2. The second-order valence-corrected chi connectivity index (χ2v) is 6.36. The van der Waals surface area contributed by atoms with Crippen molar-refractivity contribution in [3.8, 4) is 6.07 Å². The first-order valence-corrected chi connectivity index (χ1v) is 7.45. The molecule has 0 atom stereocenters. The van der Waals surface area contributed by atoms with Crippen molar-refractivity contribution in [2.75, 3.05) is 11.4 Å². The van der Waals surface area contributed by atoms with Crippen LogP contribution >= 0.6 is 0 Å². The quantitative estimate of drug-likeness (QED) is 0.871. The first kappa shape index (κ1) is 14.1. The molecule has 0 spiro atoms. The van der Waals surface area contributed by atoms with Crippen LogP contribution in [0.4, 0.5) is 5.69 Å². The maximum Gasteiger partial charge on any atom is 0.264 e. The molecule has 0 heterocycles. The van der Waals surface area contributed by atoms with E-state index in [0.29, 0.717) is 11.3 Å². The number of benzene rings is 2. The Kier molecular flexibility index (Phi) is 3.77. The topological polar surface area (TPSA) is 61.2 Å². The van der Waals surface area contributed by atoms with Crippen LogP contribution < -0.4 is 4.31 Å². The van der Waals surface area contributed by atoms with Crippen LogP contribution in [0.3, 0.4) is 0 Å². The standard InChI is InChI=1S/C15H14N2O2S/c1-12-5-3-4-6-15(12)17(2)20(18,19)14-9-7-13(11-16)8-10-14/h3-10H,1-2H3. The van der Waals surface area contributed by atoms with Gasteiger partial charge in [0.2, 0.25) is 0 Å². The highest BCUT2D eigenvalue weighted by Gasteiger charge is 2.22. The van der Waals surface area contributed by atoms with Crippen LogP contribution in [0.25, 0.3) is 0 Å². The third-order valence-electron chi connectivity index (χ3n) is 3.10. The molecular weight excluding hydrogens is 272 g/mol. The molecule has 0 aliphatic heterocycles. The van der Waals surface area contributed by atoms with Crippen molar-refractivity contribution in [1.82, 2.24) is 0 Å². The van der Waals surface area contributed by atoms with Crippen molar-refractivity contribution in [3.63, 3.8) is 0 Å². The number of para-hydroxylation sites is 1. The molecule has 2 rings (SSSR count). The summed E-state index contributed by atoms with van der Waals surface area (Å²) in [6, 6.07) is 15.1. The fourth-order valence-electron chi connectivity index (χ4n) is 1.91. The smallest absolute Gasteiger partial charge is 0.264 e. The molecule has 2 aromatic rings. The monoisotopic (exact) mass is 286 g/mol. The zero-order chi connectivity index (χ0) is 14.8. The molecule has 4 nitrogen and oxygen atoms in total. The zero-order valence-corrected chi connectivity index (χ0v) is 12.1. The average Bonchev–Trinajstić information content (AvgIpc) is 2.47. The number of nitrogens with zero attached hydrogens (tertiary/aromatic N) is 2. The Balaban J connectivity index is 2.44. The number of nitriles is 1. The van der Waals surface area contributed by atoms with Crippen LogP contribution in [-0.4, -0.2) is 15.5 Å². The summed E-state index contributed by atoms with van der Waals surface area (Å²) in [6.07, 6.45) is 0. The number of anilines is 1. The van der Waals surface area contributed by atoms with Crippen LogP contribution in [0.15, 0.2) is 53.4 Å². The maximum absolute atomic E-state index is 12.5. The highest BCUT2D eigenvalue weighted by molar-refractivity contribution is 7.92. The molecule has 0 fully saturated rings. The van der Waals surface area contributed by atoms with Gasteiger partial charge in [-0.1, -0.05) is 18.2 Å². The van der Waals surface area contributed by atoms with Gasteiger partial charge in [0.25, 0.3) is 10.0 Å². The average molecular weight is 286 g/mol. The van der Waals surface area contributed by atoms with E-state index >= 15 is 0 Å². The molecular formula is C15H14N2O2S. The predicted molar refractivity (Wildman–Crippen MR) is 77.9 cm³/mol. The molecule has 0 bridgehead atoms. The van der Waals surface area contributed by atoms with E-state index in [1.807, 2.05) is 25.1 Å². The van der Waals surface area contributed by atoms with Gasteiger partial charge in [-0.25, -0.2) is 8.42 Å². The van der Waals surface area contributed by atoms with Gasteiger partial charge in [0.1, 0.15) is 0 Å². The van der Waals surface area contributed by atoms with Gasteiger partial charge in [-0.05, 0) is 42.8 Å². The summed E-state index contributed by atoms with van der Waals surface area (Å²) < 4.78 is 26.3. The van der Waals surface area contributed by atoms with Gasteiger partial charge in [-0.3, -0.25) is 4.31 Å². The number of sulfonamides is 1. The molecule has 0 saturated heterocycles. The third kappa shape index (κ3) is 2.51. The molecule has 0 saturated carbocycles. The summed E-state index contributed by atoms with van der Waals surface area (Å²) in [5.74, 6) is 0. The normalized spacial score (nSPS) is 10.8. The van der Waals surface area contributed by atoms with E-state index in [0.717, 1.165) is 5.56 Å². The Bertz CT molecular complexity index is 759. The van der Waals surface area contributed by atoms with Crippen molar-refractivity contribution in [1.29, 1.82) is 5.26 Å². The van der Waals surface area contributed by atoms with E-state index in [4.69, 9.17) is 5.26 Å². The van der Waals surface area contributed by atoms with Crippen molar-refractivity contribution >= 4 is 15.7 Å². The molecule has 0 amide bonds. The molecule has 0 aliphatic carbocycles. The lowest BCUT2D eigenvalue weighted by Crippen LogP contribution is -2.27. The van der Waals surface area contributed by atoms with E-state index in [2.05, 4.69) is 0 Å². The Hall–Kier alpha value is -2.32. The summed E-state index contributed by atoms with van der Waals surface area (Å²) in [7, 11) is -2.09. The molecule has 0 aromatic heterocycles. The number of hydrogen-bond donors (Lipinski definition) is 0. The van der Waals surface area contributed by atoms with E-state index in [1.54, 1.807) is 12.1 Å². The van der Waals surface area contributed by atoms with Crippen molar-refractivity contribution in [2.24, 2.45) is 0 Å². The second-order valence-electron chi connectivity index (χ2n) is 4.40. The lowest BCUT2D eigenvalue weighted by molar-refractivity contribution is 0.594.